The van der Waals surface area contributed by atoms with Crippen LogP contribution in [0.15, 0.2) is 48.8 Å². The predicted molar refractivity (Wildman–Crippen MR) is 126 cm³/mol. The van der Waals surface area contributed by atoms with E-state index >= 15 is 0 Å². The number of benzene rings is 1. The molecule has 3 aromatic heterocycles. The number of fused-ring (bicyclic) bond motifs is 1. The van der Waals surface area contributed by atoms with Crippen molar-refractivity contribution in [2.75, 3.05) is 11.9 Å². The fourth-order valence-corrected chi connectivity index (χ4v) is 3.59. The summed E-state index contributed by atoms with van der Waals surface area (Å²) in [6, 6.07) is 10.3. The van der Waals surface area contributed by atoms with E-state index in [2.05, 4.69) is 20.5 Å². The molecule has 12 heteroatoms. The summed E-state index contributed by atoms with van der Waals surface area (Å²) in [6.45, 7) is 5.58. The van der Waals surface area contributed by atoms with Gasteiger partial charge in [0.15, 0.2) is 5.65 Å². The van der Waals surface area contributed by atoms with Crippen molar-refractivity contribution in [1.82, 2.24) is 24.4 Å². The van der Waals surface area contributed by atoms with Crippen LogP contribution in [0.25, 0.3) is 16.9 Å². The average molecular weight is 477 g/mol. The third-order valence-corrected chi connectivity index (χ3v) is 5.37. The van der Waals surface area contributed by atoms with Gasteiger partial charge in [0.05, 0.1) is 47.8 Å². The molecule has 180 valence electrons. The molecule has 4 rings (SSSR count). The van der Waals surface area contributed by atoms with Gasteiger partial charge in [-0.15, -0.1) is 0 Å². The van der Waals surface area contributed by atoms with Crippen molar-refractivity contribution in [2.24, 2.45) is 5.92 Å². The molecule has 1 N–H and O–H groups in total. The third-order valence-electron chi connectivity index (χ3n) is 5.37. The standard InChI is InChI=1S/C23H23N7O5/c1-4-35-23(32)18-12-25-29-19(8-9-24-21(18)29)16-6-5-7-17(11-16)26-22(31)14(2)13-28-15(3)10-20(27-28)30(33)34/h5-12,14H,4,13H2,1-3H3,(H,26,31). The van der Waals surface area contributed by atoms with Crippen LogP contribution in [0.4, 0.5) is 11.5 Å². The number of nitro groups is 1. The lowest BCUT2D eigenvalue weighted by Crippen LogP contribution is -2.25. The zero-order valence-electron chi connectivity index (χ0n) is 19.3. The van der Waals surface area contributed by atoms with Crippen LogP contribution in [0.2, 0.25) is 0 Å². The fourth-order valence-electron chi connectivity index (χ4n) is 3.59. The Hall–Kier alpha value is -4.61. The van der Waals surface area contributed by atoms with E-state index in [1.54, 1.807) is 55.7 Å². The monoisotopic (exact) mass is 477 g/mol. The average Bonchev–Trinajstić information content (AvgIpc) is 3.43. The van der Waals surface area contributed by atoms with Crippen molar-refractivity contribution in [3.05, 3.63) is 70.2 Å². The molecule has 1 unspecified atom stereocenters. The van der Waals surface area contributed by atoms with Crippen molar-refractivity contribution in [2.45, 2.75) is 27.3 Å². The first-order chi connectivity index (χ1) is 16.8. The van der Waals surface area contributed by atoms with Crippen LogP contribution in [-0.4, -0.2) is 47.8 Å². The number of nitrogens with zero attached hydrogens (tertiary/aromatic N) is 6. The molecule has 0 aliphatic rings. The van der Waals surface area contributed by atoms with Gasteiger partial charge in [-0.1, -0.05) is 19.1 Å². The van der Waals surface area contributed by atoms with Crippen LogP contribution < -0.4 is 5.32 Å². The van der Waals surface area contributed by atoms with Crippen LogP contribution >= 0.6 is 0 Å². The molecule has 4 aromatic rings. The van der Waals surface area contributed by atoms with E-state index in [1.165, 1.54) is 16.9 Å². The van der Waals surface area contributed by atoms with Gasteiger partial charge in [0.25, 0.3) is 0 Å². The minimum atomic E-state index is -0.564. The zero-order valence-corrected chi connectivity index (χ0v) is 19.3. The Morgan fingerprint density at radius 3 is 2.77 bits per heavy atom. The number of aryl methyl sites for hydroxylation is 1. The van der Waals surface area contributed by atoms with E-state index in [1.807, 2.05) is 6.07 Å². The Morgan fingerprint density at radius 1 is 1.26 bits per heavy atom. The molecule has 12 nitrogen and oxygen atoms in total. The van der Waals surface area contributed by atoms with E-state index in [0.29, 0.717) is 22.7 Å². The van der Waals surface area contributed by atoms with Crippen LogP contribution in [0, 0.1) is 23.0 Å². The number of carbonyl (C=O) groups excluding carboxylic acids is 2. The van der Waals surface area contributed by atoms with Crippen molar-refractivity contribution >= 4 is 29.0 Å². The highest BCUT2D eigenvalue weighted by Gasteiger charge is 2.21. The van der Waals surface area contributed by atoms with Gasteiger partial charge in [-0.3, -0.25) is 4.79 Å². The molecule has 1 atom stereocenters. The van der Waals surface area contributed by atoms with Crippen LogP contribution in [0.3, 0.4) is 0 Å². The normalized spacial score (nSPS) is 11.9. The smallest absolute Gasteiger partial charge is 0.390 e. The summed E-state index contributed by atoms with van der Waals surface area (Å²) in [6.07, 6.45) is 2.99. The summed E-state index contributed by atoms with van der Waals surface area (Å²) in [5.41, 5.74) is 3.22. The number of esters is 1. The Kier molecular flexibility index (Phi) is 6.53. The molecular formula is C23H23N7O5. The maximum atomic E-state index is 12.8. The Labute approximate surface area is 199 Å². The summed E-state index contributed by atoms with van der Waals surface area (Å²) in [5.74, 6) is -1.51. The molecule has 0 fully saturated rings. The fraction of sp³-hybridized carbons (Fsp3) is 0.261. The number of amides is 1. The first-order valence-corrected chi connectivity index (χ1v) is 10.9. The topological polar surface area (TPSA) is 147 Å². The Bertz CT molecular complexity index is 1420. The highest BCUT2D eigenvalue weighted by atomic mass is 16.6. The Balaban J connectivity index is 1.54. The first-order valence-electron chi connectivity index (χ1n) is 10.9. The predicted octanol–water partition coefficient (Wildman–Crippen LogP) is 3.26. The summed E-state index contributed by atoms with van der Waals surface area (Å²) in [4.78, 5) is 39.6. The molecule has 0 spiro atoms. The van der Waals surface area contributed by atoms with Gasteiger partial charge >= 0.3 is 11.8 Å². The molecule has 1 aromatic carbocycles. The molecule has 35 heavy (non-hydrogen) atoms. The molecule has 0 bridgehead atoms. The minimum Gasteiger partial charge on any atom is -0.462 e. The lowest BCUT2D eigenvalue weighted by atomic mass is 10.1. The summed E-state index contributed by atoms with van der Waals surface area (Å²) < 4.78 is 8.06. The van der Waals surface area contributed by atoms with Gasteiger partial charge in [0.1, 0.15) is 5.56 Å². The van der Waals surface area contributed by atoms with Crippen LogP contribution in [0.5, 0.6) is 0 Å². The first kappa shape index (κ1) is 23.5. The van der Waals surface area contributed by atoms with Crippen molar-refractivity contribution in [1.29, 1.82) is 0 Å². The van der Waals surface area contributed by atoms with Crippen LogP contribution in [-0.2, 0) is 16.1 Å². The van der Waals surface area contributed by atoms with Gasteiger partial charge in [-0.25, -0.2) is 14.3 Å². The van der Waals surface area contributed by atoms with Gasteiger partial charge < -0.3 is 20.2 Å². The second-order valence-electron chi connectivity index (χ2n) is 7.90. The molecule has 3 heterocycles. The number of hydrogen-bond acceptors (Lipinski definition) is 8. The number of rotatable bonds is 8. The number of aromatic nitrogens is 5. The van der Waals surface area contributed by atoms with Crippen molar-refractivity contribution in [3.8, 4) is 11.3 Å². The van der Waals surface area contributed by atoms with E-state index < -0.39 is 16.8 Å². The van der Waals surface area contributed by atoms with Gasteiger partial charge in [-0.2, -0.15) is 9.78 Å². The quantitative estimate of drug-likeness (QED) is 0.231. The van der Waals surface area contributed by atoms with E-state index in [0.717, 1.165) is 5.56 Å². The second-order valence-corrected chi connectivity index (χ2v) is 7.90. The third kappa shape index (κ3) is 4.86. The van der Waals surface area contributed by atoms with Gasteiger partial charge in [0.2, 0.25) is 5.91 Å². The number of anilines is 1. The molecule has 0 saturated carbocycles. The van der Waals surface area contributed by atoms with Crippen molar-refractivity contribution < 1.29 is 19.2 Å². The van der Waals surface area contributed by atoms with E-state index in [4.69, 9.17) is 4.74 Å². The van der Waals surface area contributed by atoms with E-state index in [-0.39, 0.29) is 30.4 Å². The Morgan fingerprint density at radius 2 is 2.06 bits per heavy atom. The summed E-state index contributed by atoms with van der Waals surface area (Å²) in [7, 11) is 0. The van der Waals surface area contributed by atoms with Crippen molar-refractivity contribution in [3.63, 3.8) is 0 Å². The summed E-state index contributed by atoms with van der Waals surface area (Å²) >= 11 is 0. The summed E-state index contributed by atoms with van der Waals surface area (Å²) in [5, 5.41) is 22.0. The largest absolute Gasteiger partial charge is 0.462 e. The molecule has 0 aliphatic carbocycles. The van der Waals surface area contributed by atoms with Gasteiger partial charge in [-0.05, 0) is 37.0 Å². The highest BCUT2D eigenvalue weighted by Crippen LogP contribution is 2.24. The number of ether oxygens (including phenoxy) is 1. The van der Waals surface area contributed by atoms with E-state index in [9.17, 15) is 19.7 Å². The lowest BCUT2D eigenvalue weighted by molar-refractivity contribution is -0.389. The molecule has 0 aliphatic heterocycles. The molecule has 0 radical (unpaired) electrons. The zero-order chi connectivity index (χ0) is 25.1. The maximum Gasteiger partial charge on any atom is 0.390 e. The second kappa shape index (κ2) is 9.71. The molecular weight excluding hydrogens is 454 g/mol. The number of carbonyl (C=O) groups is 2. The minimum absolute atomic E-state index is 0.195. The number of hydrogen-bond donors (Lipinski definition) is 1. The van der Waals surface area contributed by atoms with Crippen LogP contribution in [0.1, 0.15) is 29.9 Å². The lowest BCUT2D eigenvalue weighted by Gasteiger charge is -2.13. The SMILES string of the molecule is CCOC(=O)c1cnn2c(-c3cccc(NC(=O)C(C)Cn4nc([N+](=O)[O-])cc4C)c3)ccnc12. The van der Waals surface area contributed by atoms with Gasteiger partial charge in [0, 0.05) is 17.4 Å². The highest BCUT2D eigenvalue weighted by molar-refractivity contribution is 5.96. The molecule has 1 amide bonds. The maximum absolute atomic E-state index is 12.8. The molecule has 0 saturated heterocycles. The number of nitrogens with one attached hydrogen (secondary N) is 1.